The second kappa shape index (κ2) is 8.31. The molecule has 0 spiro atoms. The first-order valence-electron chi connectivity index (χ1n) is 8.81. The van der Waals surface area contributed by atoms with E-state index in [2.05, 4.69) is 16.4 Å². The number of carbonyl (C=O) groups excluding carboxylic acids is 3. The highest BCUT2D eigenvalue weighted by Crippen LogP contribution is 2.34. The minimum Gasteiger partial charge on any atom is -0.366 e. The van der Waals surface area contributed by atoms with E-state index in [0.29, 0.717) is 19.4 Å². The summed E-state index contributed by atoms with van der Waals surface area (Å²) in [5, 5.41) is 11.7. The molecule has 2 heterocycles. The number of rotatable bonds is 3. The van der Waals surface area contributed by atoms with Gasteiger partial charge in [0.05, 0.1) is 35.5 Å². The van der Waals surface area contributed by atoms with Crippen LogP contribution in [-0.2, 0) is 9.59 Å². The monoisotopic (exact) mass is 377 g/mol. The number of nitrogens with two attached hydrogens (primary N) is 1. The van der Waals surface area contributed by atoms with Crippen molar-refractivity contribution in [1.82, 2.24) is 9.88 Å². The molecule has 0 aliphatic carbocycles. The number of aromatic nitrogens is 1. The maximum Gasteiger partial charge on any atom is 0.313 e. The molecule has 2 atom stereocenters. The van der Waals surface area contributed by atoms with E-state index in [0.717, 1.165) is 5.56 Å². The van der Waals surface area contributed by atoms with Gasteiger partial charge in [-0.3, -0.25) is 19.4 Å². The molecule has 0 radical (unpaired) electrons. The summed E-state index contributed by atoms with van der Waals surface area (Å²) in [5.41, 5.74) is 6.42. The standard InChI is InChI=1S/C20H19N5O3/c21-10-13-6-7-25(17(8-13)14-4-2-1-3-5-14)20(28)19(27)24-16-9-15(18(22)26)11-23-12-16/h1-5,9,11-13,17H,6-8H2,(H2,22,26)(H,24,27)/t13-,17+/m1/s1. The van der Waals surface area contributed by atoms with Crippen LogP contribution in [0, 0.1) is 17.2 Å². The van der Waals surface area contributed by atoms with Gasteiger partial charge < -0.3 is 16.0 Å². The van der Waals surface area contributed by atoms with Gasteiger partial charge in [-0.15, -0.1) is 0 Å². The molecule has 2 aromatic rings. The molecule has 0 unspecified atom stereocenters. The minimum atomic E-state index is -0.834. The average Bonchev–Trinajstić information content (AvgIpc) is 2.73. The molecule has 1 aliphatic rings. The lowest BCUT2D eigenvalue weighted by atomic mass is 9.88. The fourth-order valence-electron chi connectivity index (χ4n) is 3.27. The van der Waals surface area contributed by atoms with Gasteiger partial charge in [-0.2, -0.15) is 5.26 Å². The highest BCUT2D eigenvalue weighted by molar-refractivity contribution is 6.39. The Kier molecular flexibility index (Phi) is 5.65. The van der Waals surface area contributed by atoms with Crippen LogP contribution in [0.25, 0.3) is 0 Å². The van der Waals surface area contributed by atoms with Crippen molar-refractivity contribution < 1.29 is 14.4 Å². The third-order valence-electron chi connectivity index (χ3n) is 4.71. The lowest BCUT2D eigenvalue weighted by Gasteiger charge is -2.37. The zero-order valence-corrected chi connectivity index (χ0v) is 15.0. The van der Waals surface area contributed by atoms with Crippen LogP contribution in [-0.4, -0.2) is 34.2 Å². The molecule has 3 N–H and O–H groups in total. The maximum atomic E-state index is 12.8. The predicted molar refractivity (Wildman–Crippen MR) is 101 cm³/mol. The number of nitrogens with one attached hydrogen (secondary N) is 1. The Morgan fingerprint density at radius 3 is 2.64 bits per heavy atom. The third-order valence-corrected chi connectivity index (χ3v) is 4.71. The van der Waals surface area contributed by atoms with Crippen molar-refractivity contribution >= 4 is 23.4 Å². The van der Waals surface area contributed by atoms with Gasteiger partial charge in [0.15, 0.2) is 0 Å². The summed E-state index contributed by atoms with van der Waals surface area (Å²) < 4.78 is 0. The number of piperidine rings is 1. The number of nitriles is 1. The largest absolute Gasteiger partial charge is 0.366 e. The van der Waals surface area contributed by atoms with Gasteiger partial charge in [-0.25, -0.2) is 0 Å². The highest BCUT2D eigenvalue weighted by atomic mass is 16.2. The number of likely N-dealkylation sites (tertiary alicyclic amines) is 1. The van der Waals surface area contributed by atoms with E-state index in [1.54, 1.807) is 0 Å². The summed E-state index contributed by atoms with van der Waals surface area (Å²) in [4.78, 5) is 41.9. The second-order valence-corrected chi connectivity index (χ2v) is 6.56. The van der Waals surface area contributed by atoms with Crippen molar-refractivity contribution in [3.05, 3.63) is 59.9 Å². The summed E-state index contributed by atoms with van der Waals surface area (Å²) in [6.45, 7) is 0.309. The molecule has 8 heteroatoms. The smallest absolute Gasteiger partial charge is 0.313 e. The first-order valence-corrected chi connectivity index (χ1v) is 8.81. The fraction of sp³-hybridized carbons (Fsp3) is 0.250. The van der Waals surface area contributed by atoms with E-state index in [4.69, 9.17) is 5.73 Å². The molecule has 8 nitrogen and oxygen atoms in total. The first kappa shape index (κ1) is 19.0. The van der Waals surface area contributed by atoms with Crippen molar-refractivity contribution in [2.45, 2.75) is 18.9 Å². The summed E-state index contributed by atoms with van der Waals surface area (Å²) >= 11 is 0. The SMILES string of the molecule is N#C[C@@H]1CCN(C(=O)C(=O)Nc2cncc(C(N)=O)c2)[C@H](c2ccccc2)C1. The molecule has 3 amide bonds. The van der Waals surface area contributed by atoms with E-state index < -0.39 is 17.7 Å². The summed E-state index contributed by atoms with van der Waals surface area (Å²) in [7, 11) is 0. The molecular weight excluding hydrogens is 358 g/mol. The first-order chi connectivity index (χ1) is 13.5. The van der Waals surface area contributed by atoms with Crippen LogP contribution in [0.1, 0.15) is 34.8 Å². The Morgan fingerprint density at radius 2 is 1.96 bits per heavy atom. The number of amides is 3. The molecule has 3 rings (SSSR count). The number of nitrogens with zero attached hydrogens (tertiary/aromatic N) is 3. The fourth-order valence-corrected chi connectivity index (χ4v) is 3.27. The van der Waals surface area contributed by atoms with Crippen LogP contribution >= 0.6 is 0 Å². The molecule has 0 saturated carbocycles. The van der Waals surface area contributed by atoms with Gasteiger partial charge in [0.1, 0.15) is 0 Å². The van der Waals surface area contributed by atoms with Crippen molar-refractivity contribution in [3.63, 3.8) is 0 Å². The predicted octanol–water partition coefficient (Wildman–Crippen LogP) is 1.62. The maximum absolute atomic E-state index is 12.8. The van der Waals surface area contributed by atoms with Crippen molar-refractivity contribution in [2.75, 3.05) is 11.9 Å². The number of hydrogen-bond donors (Lipinski definition) is 2. The van der Waals surface area contributed by atoms with Crippen molar-refractivity contribution in [1.29, 1.82) is 5.26 Å². The van der Waals surface area contributed by atoms with Crippen molar-refractivity contribution in [3.8, 4) is 6.07 Å². The molecule has 1 saturated heterocycles. The summed E-state index contributed by atoms with van der Waals surface area (Å²) in [5.74, 6) is -2.39. The number of benzene rings is 1. The minimum absolute atomic E-state index is 0.127. The van der Waals surface area contributed by atoms with Gasteiger partial charge in [-0.05, 0) is 24.5 Å². The molecular formula is C20H19N5O3. The molecule has 1 aliphatic heterocycles. The summed E-state index contributed by atoms with van der Waals surface area (Å²) in [6, 6.07) is 12.6. The normalized spacial score (nSPS) is 18.8. The van der Waals surface area contributed by atoms with Crippen LogP contribution in [0.4, 0.5) is 5.69 Å². The third kappa shape index (κ3) is 4.15. The van der Waals surface area contributed by atoms with E-state index in [1.165, 1.54) is 23.4 Å². The van der Waals surface area contributed by atoms with Gasteiger partial charge in [0.25, 0.3) is 0 Å². The lowest BCUT2D eigenvalue weighted by Crippen LogP contribution is -2.46. The van der Waals surface area contributed by atoms with E-state index in [1.807, 2.05) is 30.3 Å². The Balaban J connectivity index is 1.79. The van der Waals surface area contributed by atoms with Crippen molar-refractivity contribution in [2.24, 2.45) is 11.7 Å². The summed E-state index contributed by atoms with van der Waals surface area (Å²) in [6.07, 6.45) is 3.59. The topological polar surface area (TPSA) is 129 Å². The molecule has 1 fully saturated rings. The van der Waals surface area contributed by atoms with E-state index in [-0.39, 0.29) is 23.2 Å². The molecule has 1 aromatic heterocycles. The number of hydrogen-bond acceptors (Lipinski definition) is 5. The average molecular weight is 377 g/mol. The number of anilines is 1. The van der Waals surface area contributed by atoms with Crippen LogP contribution in [0.15, 0.2) is 48.8 Å². The van der Waals surface area contributed by atoms with Gasteiger partial charge in [0, 0.05) is 12.7 Å². The second-order valence-electron chi connectivity index (χ2n) is 6.56. The van der Waals surface area contributed by atoms with E-state index >= 15 is 0 Å². The zero-order chi connectivity index (χ0) is 20.1. The Labute approximate surface area is 162 Å². The Bertz CT molecular complexity index is 938. The van der Waals surface area contributed by atoms with Gasteiger partial charge in [0.2, 0.25) is 5.91 Å². The number of carbonyl (C=O) groups is 3. The quantitative estimate of drug-likeness (QED) is 0.785. The van der Waals surface area contributed by atoms with Crippen LogP contribution in [0.5, 0.6) is 0 Å². The molecule has 142 valence electrons. The molecule has 1 aromatic carbocycles. The van der Waals surface area contributed by atoms with Gasteiger partial charge >= 0.3 is 11.8 Å². The van der Waals surface area contributed by atoms with E-state index in [9.17, 15) is 19.6 Å². The highest BCUT2D eigenvalue weighted by Gasteiger charge is 2.35. The number of pyridine rings is 1. The zero-order valence-electron chi connectivity index (χ0n) is 15.0. The molecule has 0 bridgehead atoms. The van der Waals surface area contributed by atoms with Crippen LogP contribution < -0.4 is 11.1 Å². The Hall–Kier alpha value is -3.73. The van der Waals surface area contributed by atoms with Gasteiger partial charge in [-0.1, -0.05) is 30.3 Å². The molecule has 28 heavy (non-hydrogen) atoms. The van der Waals surface area contributed by atoms with Crippen LogP contribution in [0.3, 0.4) is 0 Å². The number of primary amides is 1. The Morgan fingerprint density at radius 1 is 1.21 bits per heavy atom. The lowest BCUT2D eigenvalue weighted by molar-refractivity contribution is -0.146. The van der Waals surface area contributed by atoms with Crippen LogP contribution in [0.2, 0.25) is 0 Å².